The highest BCUT2D eigenvalue weighted by Crippen LogP contribution is 2.42. The van der Waals surface area contributed by atoms with Crippen molar-refractivity contribution in [1.29, 1.82) is 0 Å². The molecule has 142 heavy (non-hydrogen) atoms. The van der Waals surface area contributed by atoms with E-state index in [1.54, 1.807) is 64.3 Å². The minimum atomic E-state index is -4.30. The van der Waals surface area contributed by atoms with Crippen molar-refractivity contribution in [2.75, 3.05) is 93.0 Å². The Morgan fingerprint density at radius 1 is 0.380 bits per heavy atom. The Kier molecular flexibility index (Phi) is 40.9. The third-order valence-corrected chi connectivity index (χ3v) is 23.1. The Bertz CT molecular complexity index is 6880. The number of anilines is 9. The molecule has 39 heteroatoms. The first-order valence-electron chi connectivity index (χ1n) is 45.8. The molecular formula is C103H130F3N21O9S6. The number of pyridine rings is 5. The van der Waals surface area contributed by atoms with E-state index in [-0.39, 0.29) is 76.8 Å². The van der Waals surface area contributed by atoms with Crippen LogP contribution in [0.25, 0.3) is 121 Å². The van der Waals surface area contributed by atoms with Crippen molar-refractivity contribution in [2.24, 2.45) is 0 Å². The van der Waals surface area contributed by atoms with Crippen molar-refractivity contribution in [2.45, 2.75) is 227 Å². The minimum absolute atomic E-state index is 0. The number of halogens is 3. The predicted octanol–water partition coefficient (Wildman–Crippen LogP) is 26.8. The van der Waals surface area contributed by atoms with Gasteiger partial charge >= 0.3 is 6.18 Å². The number of rotatable bonds is 36. The molecule has 10 aromatic heterocycles. The molecule has 0 aliphatic carbocycles. The number of thiazole rings is 5. The highest BCUT2D eigenvalue weighted by molar-refractivity contribution is 7.92. The Labute approximate surface area is 850 Å². The van der Waals surface area contributed by atoms with Crippen LogP contribution in [0.4, 0.5) is 61.6 Å². The van der Waals surface area contributed by atoms with Crippen LogP contribution < -0.4 is 75.7 Å². The van der Waals surface area contributed by atoms with Gasteiger partial charge in [0, 0.05) is 138 Å². The number of sulfonamides is 1. The van der Waals surface area contributed by atoms with E-state index in [4.69, 9.17) is 66.6 Å². The monoisotopic (exact) mass is 2050 g/mol. The molecule has 10 heterocycles. The van der Waals surface area contributed by atoms with Gasteiger partial charge < -0.3 is 80.9 Å². The highest BCUT2D eigenvalue weighted by Gasteiger charge is 2.28. The van der Waals surface area contributed by atoms with Gasteiger partial charge in [0.25, 0.3) is 6.67 Å². The molecule has 758 valence electrons. The van der Waals surface area contributed by atoms with E-state index in [1.807, 2.05) is 208 Å². The third kappa shape index (κ3) is 34.4. The molecule has 5 aromatic carbocycles. The number of ether oxygens (including phenoxy) is 6. The van der Waals surface area contributed by atoms with Crippen LogP contribution in [0.5, 0.6) is 34.5 Å². The maximum atomic E-state index is 12.5. The number of nitrogens with zero attached hydrogens (tertiary/aromatic N) is 12. The average Bonchev–Trinajstić information content (AvgIpc) is 1.32. The Morgan fingerprint density at radius 3 is 0.958 bits per heavy atom. The summed E-state index contributed by atoms with van der Waals surface area (Å²) in [4.78, 5) is 53.6. The predicted molar refractivity (Wildman–Crippen MR) is 586 cm³/mol. The summed E-state index contributed by atoms with van der Waals surface area (Å²) in [6.07, 6.45) is -3.16. The average molecular weight is 2060 g/mol. The normalized spacial score (nSPS) is 11.4. The molecule has 0 bridgehead atoms. The summed E-state index contributed by atoms with van der Waals surface area (Å²) in [5.74, 6) is 4.31. The standard InChI is InChI=1S/C22H27N5OS.C20H23F3N4OS.C20H23N5OS.C20H25N3O3S.C19H24N4O3S2.2CH4/c1-14(2)25-21-27-19(13-29-21)18-12-20(28-22(3,4)5)16-8-7-15(11-17(16)26-18)24-10-9-23-6;1-11(2)25-19-27-17(9-29-19)16-8-18(28-12(3)4)14-6-5-13(7-15(14)26-16)24-10-20(21,22)23;1-12(2)23-20-25-18(10-27-20)17-9-19(26-13(3)4)15-7-6-14(22-11-21-5)8-16(15)24-17;1-12(2)21-20-23-18(11-27-20)17-10-19(26-13(3)4)15-6-5-14(25-8-7-24)9-16(15)22-17;1-11(2)20-19-22-17(10-27-19)16-9-18(26-12(3)4)14-7-6-13(8-15(14)21-16)23-28(5,24)25;;/h7-8,11-14,24H,9-10H2,1-5H3,(H,25,27);5-9,11-12,24H,10H2,1-4H3,(H,25,27);6-10,12-13,22H,11H2,1-4H3,(H,23,25);5-6,9-13,24H,7-8H2,1-4H3,(H,21,23);6-12,23H,1-5H3,(H,20,22);2*1H4. The van der Waals surface area contributed by atoms with Gasteiger partial charge in [0.05, 0.1) is 106 Å². The number of fused-ring (bicyclic) bond motifs is 5. The van der Waals surface area contributed by atoms with Crippen LogP contribution in [0.3, 0.4) is 0 Å². The van der Waals surface area contributed by atoms with Gasteiger partial charge in [-0.25, -0.2) is 71.4 Å². The quantitative estimate of drug-likeness (QED) is 0.0129. The van der Waals surface area contributed by atoms with Crippen molar-refractivity contribution in [1.82, 2.24) is 49.8 Å². The summed E-state index contributed by atoms with van der Waals surface area (Å²) in [7, 11) is -3.37. The molecule has 0 saturated heterocycles. The van der Waals surface area contributed by atoms with Crippen LogP contribution in [0.15, 0.2) is 148 Å². The van der Waals surface area contributed by atoms with Gasteiger partial charge in [-0.2, -0.15) is 13.2 Å². The molecule has 0 spiro atoms. The number of hydrogen-bond acceptors (Lipinski definition) is 32. The molecule has 30 nitrogen and oxygen atoms in total. The summed E-state index contributed by atoms with van der Waals surface area (Å²) in [5, 5.41) is 52.6. The van der Waals surface area contributed by atoms with E-state index in [2.05, 4.69) is 142 Å². The van der Waals surface area contributed by atoms with Crippen LogP contribution in [0.2, 0.25) is 0 Å². The van der Waals surface area contributed by atoms with Crippen LogP contribution in [0.1, 0.15) is 160 Å². The van der Waals surface area contributed by atoms with Crippen molar-refractivity contribution in [3.05, 3.63) is 171 Å². The summed E-state index contributed by atoms with van der Waals surface area (Å²) >= 11 is 7.68. The van der Waals surface area contributed by atoms with E-state index in [9.17, 15) is 21.6 Å². The maximum absolute atomic E-state index is 12.5. The number of alkyl halides is 3. The number of aliphatic hydroxyl groups is 1. The number of aromatic nitrogens is 10. The summed E-state index contributed by atoms with van der Waals surface area (Å²) in [6, 6.07) is 38.7. The fourth-order valence-electron chi connectivity index (χ4n) is 13.4. The minimum Gasteiger partial charge on any atom is -0.491 e. The molecule has 15 rings (SSSR count). The molecule has 0 unspecified atom stereocenters. The van der Waals surface area contributed by atoms with Gasteiger partial charge in [0.15, 0.2) is 25.7 Å². The van der Waals surface area contributed by atoms with Crippen LogP contribution >= 0.6 is 56.7 Å². The van der Waals surface area contributed by atoms with E-state index >= 15 is 0 Å². The maximum Gasteiger partial charge on any atom is 0.405 e. The van der Waals surface area contributed by atoms with Gasteiger partial charge in [0.2, 0.25) is 16.6 Å². The molecule has 10 N–H and O–H groups in total. The van der Waals surface area contributed by atoms with Crippen molar-refractivity contribution >= 4 is 170 Å². The lowest BCUT2D eigenvalue weighted by molar-refractivity contribution is -0.115. The second-order valence-electron chi connectivity index (χ2n) is 35.9. The SMILES string of the molecule is C.C.CC(C)Nc1nc(-c2cc(OC(C)C)c3ccc(NCC(F)(F)F)cc3n2)cs1.CC(C)Nc1nc(-c2cc(OC(C)C)c3ccc(NS(C)(=O)=O)cc3n2)cs1.CC(C)Nc1nc(-c2cc(OC(C)C)c3ccc(OCCO)cc3n2)cs1.[C-]#[N+]CCNc1ccc2c(OC(C)(C)C)cc(-c3csc(NC(C)C)n3)nc2c1.[C-]#[N+]CNc1ccc2c(OC(C)C)cc(-c3csc(NC(C)C)n3)nc2c1. The summed E-state index contributed by atoms with van der Waals surface area (Å²) < 4.78 is 98.9. The molecule has 0 fully saturated rings. The third-order valence-electron chi connectivity index (χ3n) is 18.7. The largest absolute Gasteiger partial charge is 0.491 e. The second-order valence-corrected chi connectivity index (χ2v) is 42.0. The molecule has 0 radical (unpaired) electrons. The molecule has 0 aliphatic heterocycles. The smallest absolute Gasteiger partial charge is 0.405 e. The fourth-order valence-corrected chi connectivity index (χ4v) is 18.2. The van der Waals surface area contributed by atoms with Gasteiger partial charge in [0.1, 0.15) is 81.7 Å². The molecule has 0 atom stereocenters. The first kappa shape index (κ1) is 113. The lowest BCUT2D eigenvalue weighted by atomic mass is 10.1. The van der Waals surface area contributed by atoms with Gasteiger partial charge in [-0.3, -0.25) is 9.57 Å². The molecule has 15 aromatic rings. The Morgan fingerprint density at radius 2 is 0.669 bits per heavy atom. The summed E-state index contributed by atoms with van der Waals surface area (Å²) in [5.41, 5.74) is 13.3. The Balaban J connectivity index is 0.000000197. The zero-order valence-electron chi connectivity index (χ0n) is 82.5. The lowest BCUT2D eigenvalue weighted by Gasteiger charge is -2.23. The zero-order chi connectivity index (χ0) is 101. The van der Waals surface area contributed by atoms with Gasteiger partial charge in [-0.1, -0.05) is 14.9 Å². The van der Waals surface area contributed by atoms with Crippen molar-refractivity contribution < 1.29 is 55.1 Å². The topological polar surface area (TPSA) is 356 Å². The van der Waals surface area contributed by atoms with Crippen molar-refractivity contribution in [3.8, 4) is 91.4 Å². The number of nitrogens with one attached hydrogen (secondary N) is 9. The van der Waals surface area contributed by atoms with E-state index in [0.29, 0.717) is 88.0 Å². The van der Waals surface area contributed by atoms with Gasteiger partial charge in [-0.05, 0) is 230 Å². The summed E-state index contributed by atoms with van der Waals surface area (Å²) in [6.45, 7) is 56.8. The number of hydrogen-bond donors (Lipinski definition) is 10. The van der Waals surface area contributed by atoms with Gasteiger partial charge in [-0.15, -0.1) is 56.7 Å². The van der Waals surface area contributed by atoms with Crippen LogP contribution in [0, 0.1) is 13.1 Å². The van der Waals surface area contributed by atoms with E-state index in [1.165, 1.54) is 22.7 Å². The molecule has 0 amide bonds. The molecule has 0 aliphatic rings. The lowest BCUT2D eigenvalue weighted by Crippen LogP contribution is -2.23. The zero-order valence-corrected chi connectivity index (χ0v) is 87.4. The van der Waals surface area contributed by atoms with Crippen LogP contribution in [-0.2, 0) is 10.0 Å². The second kappa shape index (κ2) is 51.6. The fraction of sp³-hybridized carbons (Fsp3) is 0.398. The highest BCUT2D eigenvalue weighted by atomic mass is 32.2. The van der Waals surface area contributed by atoms with E-state index < -0.39 is 22.7 Å². The van der Waals surface area contributed by atoms with Crippen LogP contribution in [-0.4, -0.2) is 176 Å². The first-order chi connectivity index (χ1) is 66.4. The first-order valence-corrected chi connectivity index (χ1v) is 52.1. The molecule has 0 saturated carbocycles. The number of benzene rings is 5. The van der Waals surface area contributed by atoms with Crippen molar-refractivity contribution in [3.63, 3.8) is 0 Å². The Hall–Kier alpha value is -13.0. The number of aliphatic hydroxyl groups excluding tert-OH is 1. The molecular weight excluding hydrogens is 1920 g/mol. The van der Waals surface area contributed by atoms with E-state index in [0.717, 1.165) is 144 Å².